The number of rotatable bonds is 7. The second kappa shape index (κ2) is 7.84. The Labute approximate surface area is 107 Å². The molecule has 1 aromatic rings. The van der Waals surface area contributed by atoms with Crippen molar-refractivity contribution in [3.8, 4) is 0 Å². The number of benzene rings is 1. The molecule has 0 saturated carbocycles. The third kappa shape index (κ3) is 4.85. The summed E-state index contributed by atoms with van der Waals surface area (Å²) in [4.78, 5) is 11.7. The summed E-state index contributed by atoms with van der Waals surface area (Å²) in [5.41, 5.74) is 0.919. The maximum Gasteiger partial charge on any atom is 0.311 e. The summed E-state index contributed by atoms with van der Waals surface area (Å²) in [7, 11) is 0. The molecule has 2 N–H and O–H groups in total. The highest BCUT2D eigenvalue weighted by atomic mass is 16.5. The SMILES string of the molecule is C[C@@H](C(=O)OCc1ccccc1)[C@@H](O)CCCO. The molecule has 0 aromatic heterocycles. The van der Waals surface area contributed by atoms with Gasteiger partial charge in [-0.25, -0.2) is 0 Å². The Bertz CT molecular complexity index is 350. The van der Waals surface area contributed by atoms with Gasteiger partial charge in [-0.1, -0.05) is 30.3 Å². The monoisotopic (exact) mass is 252 g/mol. The number of hydrogen-bond donors (Lipinski definition) is 2. The highest BCUT2D eigenvalue weighted by molar-refractivity contribution is 5.72. The zero-order valence-corrected chi connectivity index (χ0v) is 10.6. The van der Waals surface area contributed by atoms with Gasteiger partial charge in [0.15, 0.2) is 0 Å². The predicted molar refractivity (Wildman–Crippen MR) is 67.7 cm³/mol. The Morgan fingerprint density at radius 2 is 2.00 bits per heavy atom. The molecular formula is C14H20O4. The van der Waals surface area contributed by atoms with E-state index in [4.69, 9.17) is 9.84 Å². The molecule has 0 unspecified atom stereocenters. The van der Waals surface area contributed by atoms with E-state index in [0.29, 0.717) is 12.8 Å². The first kappa shape index (κ1) is 14.7. The highest BCUT2D eigenvalue weighted by Gasteiger charge is 2.22. The zero-order chi connectivity index (χ0) is 13.4. The molecule has 4 heteroatoms. The predicted octanol–water partition coefficient (Wildman–Crippen LogP) is 1.50. The van der Waals surface area contributed by atoms with E-state index >= 15 is 0 Å². The van der Waals surface area contributed by atoms with E-state index in [-0.39, 0.29) is 13.2 Å². The summed E-state index contributed by atoms with van der Waals surface area (Å²) in [6.45, 7) is 1.87. The molecule has 0 fully saturated rings. The molecule has 18 heavy (non-hydrogen) atoms. The smallest absolute Gasteiger partial charge is 0.311 e. The number of esters is 1. The average Bonchev–Trinajstić information content (AvgIpc) is 2.42. The van der Waals surface area contributed by atoms with E-state index in [1.807, 2.05) is 30.3 Å². The van der Waals surface area contributed by atoms with Crippen molar-refractivity contribution in [2.24, 2.45) is 5.92 Å². The number of aliphatic hydroxyl groups excluding tert-OH is 2. The lowest BCUT2D eigenvalue weighted by Gasteiger charge is -2.17. The van der Waals surface area contributed by atoms with Crippen molar-refractivity contribution in [3.63, 3.8) is 0 Å². The van der Waals surface area contributed by atoms with Gasteiger partial charge in [-0.2, -0.15) is 0 Å². The number of ether oxygens (including phenoxy) is 1. The third-order valence-corrected chi connectivity index (χ3v) is 2.83. The van der Waals surface area contributed by atoms with Crippen molar-refractivity contribution in [2.75, 3.05) is 6.61 Å². The van der Waals surface area contributed by atoms with Crippen LogP contribution in [0.25, 0.3) is 0 Å². The largest absolute Gasteiger partial charge is 0.461 e. The average molecular weight is 252 g/mol. The molecule has 0 amide bonds. The number of aliphatic hydroxyl groups is 2. The van der Waals surface area contributed by atoms with Crippen molar-refractivity contribution in [3.05, 3.63) is 35.9 Å². The maximum atomic E-state index is 11.7. The van der Waals surface area contributed by atoms with Crippen molar-refractivity contribution in [2.45, 2.75) is 32.5 Å². The Morgan fingerprint density at radius 1 is 1.33 bits per heavy atom. The first-order valence-electron chi connectivity index (χ1n) is 6.14. The Hall–Kier alpha value is -1.39. The van der Waals surface area contributed by atoms with Crippen LogP contribution in [0, 0.1) is 5.92 Å². The highest BCUT2D eigenvalue weighted by Crippen LogP contribution is 2.12. The minimum absolute atomic E-state index is 0.0167. The van der Waals surface area contributed by atoms with Gasteiger partial charge in [0.05, 0.1) is 12.0 Å². The molecule has 2 atom stereocenters. The van der Waals surface area contributed by atoms with E-state index in [9.17, 15) is 9.90 Å². The van der Waals surface area contributed by atoms with Crippen molar-refractivity contribution >= 4 is 5.97 Å². The molecule has 0 aliphatic heterocycles. The van der Waals surface area contributed by atoms with Gasteiger partial charge in [0.1, 0.15) is 6.61 Å². The second-order valence-corrected chi connectivity index (χ2v) is 4.32. The van der Waals surface area contributed by atoms with Gasteiger partial charge in [0, 0.05) is 6.61 Å². The normalized spacial score (nSPS) is 13.9. The molecule has 0 aliphatic rings. The molecule has 0 radical (unpaired) electrons. The molecule has 0 saturated heterocycles. The summed E-state index contributed by atoms with van der Waals surface area (Å²) >= 11 is 0. The lowest BCUT2D eigenvalue weighted by molar-refractivity contribution is -0.153. The van der Waals surface area contributed by atoms with E-state index in [1.54, 1.807) is 6.92 Å². The van der Waals surface area contributed by atoms with Gasteiger partial charge in [0.2, 0.25) is 0 Å². The Kier molecular flexibility index (Phi) is 6.39. The zero-order valence-electron chi connectivity index (χ0n) is 10.6. The van der Waals surface area contributed by atoms with Gasteiger partial charge in [-0.3, -0.25) is 4.79 Å². The molecule has 0 spiro atoms. The van der Waals surface area contributed by atoms with Crippen LogP contribution in [0.5, 0.6) is 0 Å². The van der Waals surface area contributed by atoms with Crippen LogP contribution in [0.2, 0.25) is 0 Å². The minimum Gasteiger partial charge on any atom is -0.461 e. The summed E-state index contributed by atoms with van der Waals surface area (Å²) in [5, 5.41) is 18.4. The van der Waals surface area contributed by atoms with Gasteiger partial charge in [-0.15, -0.1) is 0 Å². The van der Waals surface area contributed by atoms with Crippen LogP contribution in [0.1, 0.15) is 25.3 Å². The molecule has 0 heterocycles. The van der Waals surface area contributed by atoms with E-state index in [1.165, 1.54) is 0 Å². The molecule has 4 nitrogen and oxygen atoms in total. The fraction of sp³-hybridized carbons (Fsp3) is 0.500. The number of carbonyl (C=O) groups is 1. The van der Waals surface area contributed by atoms with Crippen LogP contribution < -0.4 is 0 Å². The first-order chi connectivity index (χ1) is 8.65. The standard InChI is InChI=1S/C14H20O4/c1-11(13(16)8-5-9-15)14(17)18-10-12-6-3-2-4-7-12/h2-4,6-7,11,13,15-16H,5,8-10H2,1H3/t11-,13+/m1/s1. The third-order valence-electron chi connectivity index (χ3n) is 2.83. The van der Waals surface area contributed by atoms with E-state index in [0.717, 1.165) is 5.56 Å². The van der Waals surface area contributed by atoms with Crippen LogP contribution in [0.3, 0.4) is 0 Å². The first-order valence-corrected chi connectivity index (χ1v) is 6.14. The molecule has 0 bridgehead atoms. The summed E-state index contributed by atoms with van der Waals surface area (Å²) in [6, 6.07) is 9.40. The van der Waals surface area contributed by atoms with Gasteiger partial charge in [0.25, 0.3) is 0 Å². The van der Waals surface area contributed by atoms with Crippen molar-refractivity contribution in [1.82, 2.24) is 0 Å². The minimum atomic E-state index is -0.763. The van der Waals surface area contributed by atoms with Crippen LogP contribution in [-0.4, -0.2) is 28.9 Å². The quantitative estimate of drug-likeness (QED) is 0.722. The summed E-state index contributed by atoms with van der Waals surface area (Å²) in [6.07, 6.45) is 0.121. The fourth-order valence-electron chi connectivity index (χ4n) is 1.57. The Morgan fingerprint density at radius 3 is 2.61 bits per heavy atom. The van der Waals surface area contributed by atoms with Gasteiger partial charge in [-0.05, 0) is 25.3 Å². The lowest BCUT2D eigenvalue weighted by atomic mass is 10.0. The maximum absolute atomic E-state index is 11.7. The molecule has 100 valence electrons. The molecule has 0 aliphatic carbocycles. The van der Waals surface area contributed by atoms with E-state index in [2.05, 4.69) is 0 Å². The number of carbonyl (C=O) groups excluding carboxylic acids is 1. The van der Waals surface area contributed by atoms with Crippen LogP contribution >= 0.6 is 0 Å². The molecule has 1 rings (SSSR count). The van der Waals surface area contributed by atoms with E-state index < -0.39 is 18.0 Å². The Balaban J connectivity index is 2.36. The topological polar surface area (TPSA) is 66.8 Å². The van der Waals surface area contributed by atoms with Gasteiger partial charge < -0.3 is 14.9 Å². The van der Waals surface area contributed by atoms with Crippen molar-refractivity contribution < 1.29 is 19.7 Å². The lowest BCUT2D eigenvalue weighted by Crippen LogP contribution is -2.27. The molecular weight excluding hydrogens is 232 g/mol. The van der Waals surface area contributed by atoms with Crippen LogP contribution in [0.4, 0.5) is 0 Å². The molecule has 1 aromatic carbocycles. The fourth-order valence-corrected chi connectivity index (χ4v) is 1.57. The van der Waals surface area contributed by atoms with Crippen LogP contribution in [-0.2, 0) is 16.1 Å². The summed E-state index contributed by atoms with van der Waals surface area (Å²) in [5.74, 6) is -0.982. The summed E-state index contributed by atoms with van der Waals surface area (Å²) < 4.78 is 5.13. The second-order valence-electron chi connectivity index (χ2n) is 4.32. The van der Waals surface area contributed by atoms with Crippen LogP contribution in [0.15, 0.2) is 30.3 Å². The van der Waals surface area contributed by atoms with Crippen molar-refractivity contribution in [1.29, 1.82) is 0 Å². The number of hydrogen-bond acceptors (Lipinski definition) is 4. The van der Waals surface area contributed by atoms with Gasteiger partial charge >= 0.3 is 5.97 Å².